The third-order valence-corrected chi connectivity index (χ3v) is 6.69. The van der Waals surface area contributed by atoms with Crippen LogP contribution in [0, 0.1) is 5.82 Å². The quantitative estimate of drug-likeness (QED) is 0.357. The lowest BCUT2D eigenvalue weighted by molar-refractivity contribution is -0.113. The maximum atomic E-state index is 13.4. The first-order valence-electron chi connectivity index (χ1n) is 10.4. The lowest BCUT2D eigenvalue weighted by Crippen LogP contribution is -2.25. The molecule has 0 saturated heterocycles. The lowest BCUT2D eigenvalue weighted by Gasteiger charge is -2.10. The Labute approximate surface area is 202 Å². The van der Waals surface area contributed by atoms with Crippen LogP contribution in [0.15, 0.2) is 64.8 Å². The molecule has 0 radical (unpaired) electrons. The Hall–Kier alpha value is -3.50. The van der Waals surface area contributed by atoms with Crippen LogP contribution in [0.25, 0.3) is 16.5 Å². The Morgan fingerprint density at radius 3 is 2.59 bits per heavy atom. The van der Waals surface area contributed by atoms with Crippen molar-refractivity contribution in [3.05, 3.63) is 87.4 Å². The van der Waals surface area contributed by atoms with Crippen molar-refractivity contribution in [2.45, 2.75) is 12.7 Å². The van der Waals surface area contributed by atoms with E-state index < -0.39 is 17.3 Å². The number of fused-ring (bicyclic) bond motifs is 1. The number of hydrogen-bond acceptors (Lipinski definition) is 7. The summed E-state index contributed by atoms with van der Waals surface area (Å²) < 4.78 is 19.5. The first-order valence-corrected chi connectivity index (χ1v) is 12.4. The second kappa shape index (κ2) is 10.6. The van der Waals surface area contributed by atoms with E-state index >= 15 is 0 Å². The summed E-state index contributed by atoms with van der Waals surface area (Å²) in [7, 11) is 0. The third kappa shape index (κ3) is 5.18. The highest BCUT2D eigenvalue weighted by Gasteiger charge is 2.23. The molecule has 2 heterocycles. The number of aromatic nitrogens is 2. The normalized spacial score (nSPS) is 10.9. The number of nitrogens with one attached hydrogen (secondary N) is 1. The minimum atomic E-state index is -0.697. The molecule has 0 aliphatic carbocycles. The zero-order valence-electron chi connectivity index (χ0n) is 18.1. The first kappa shape index (κ1) is 23.7. The molecular weight excluding hydrogens is 477 g/mol. The van der Waals surface area contributed by atoms with Gasteiger partial charge in [-0.15, -0.1) is 23.1 Å². The molecule has 4 rings (SSSR count). The summed E-state index contributed by atoms with van der Waals surface area (Å²) in [6.07, 6.45) is 0. The van der Waals surface area contributed by atoms with Crippen molar-refractivity contribution < 1.29 is 18.7 Å². The van der Waals surface area contributed by atoms with Crippen molar-refractivity contribution in [1.29, 1.82) is 0 Å². The smallest absolute Gasteiger partial charge is 0.359 e. The molecule has 0 bridgehead atoms. The van der Waals surface area contributed by atoms with Crippen molar-refractivity contribution in [3.8, 4) is 5.69 Å². The van der Waals surface area contributed by atoms with Crippen LogP contribution >= 0.6 is 23.1 Å². The number of halogens is 1. The summed E-state index contributed by atoms with van der Waals surface area (Å²) in [5.74, 6) is -0.575. The number of carbonyl (C=O) groups is 2. The molecule has 0 fully saturated rings. The van der Waals surface area contributed by atoms with Gasteiger partial charge >= 0.3 is 5.97 Å². The highest BCUT2D eigenvalue weighted by molar-refractivity contribution is 7.99. The molecule has 2 aromatic heterocycles. The number of amides is 1. The molecule has 0 spiro atoms. The summed E-state index contributed by atoms with van der Waals surface area (Å²) in [5, 5.41) is 9.32. The van der Waals surface area contributed by atoms with Gasteiger partial charge in [-0.3, -0.25) is 9.59 Å². The van der Waals surface area contributed by atoms with Crippen molar-refractivity contribution in [2.24, 2.45) is 0 Å². The number of rotatable bonds is 8. The van der Waals surface area contributed by atoms with E-state index in [1.807, 2.05) is 30.3 Å². The Kier molecular flexibility index (Phi) is 7.39. The predicted molar refractivity (Wildman–Crippen MR) is 132 cm³/mol. The number of carbonyl (C=O) groups excluding carboxylic acids is 2. The van der Waals surface area contributed by atoms with E-state index in [-0.39, 0.29) is 35.0 Å². The largest absolute Gasteiger partial charge is 0.461 e. The number of thiophene rings is 1. The number of nitrogens with zero attached hydrogens (tertiary/aromatic N) is 2. The van der Waals surface area contributed by atoms with Crippen LogP contribution in [0.5, 0.6) is 0 Å². The Morgan fingerprint density at radius 2 is 1.88 bits per heavy atom. The van der Waals surface area contributed by atoms with Gasteiger partial charge in [-0.05, 0) is 36.8 Å². The second-order valence-electron chi connectivity index (χ2n) is 7.14. The maximum Gasteiger partial charge on any atom is 0.359 e. The number of hydrogen-bond donors (Lipinski definition) is 1. The number of anilines is 1. The van der Waals surface area contributed by atoms with Gasteiger partial charge in [0.1, 0.15) is 10.8 Å². The molecule has 0 unspecified atom stereocenters. The molecule has 0 saturated carbocycles. The van der Waals surface area contributed by atoms with Crippen LogP contribution in [-0.4, -0.2) is 34.0 Å². The number of ether oxygens (including phenoxy) is 1. The minimum absolute atomic E-state index is 0.0593. The van der Waals surface area contributed by atoms with Gasteiger partial charge in [0, 0.05) is 16.5 Å². The molecule has 0 atom stereocenters. The average molecular weight is 498 g/mol. The molecule has 2 aromatic carbocycles. The molecule has 1 amide bonds. The van der Waals surface area contributed by atoms with Crippen LogP contribution in [0.3, 0.4) is 0 Å². The zero-order chi connectivity index (χ0) is 24.1. The van der Waals surface area contributed by atoms with E-state index in [1.165, 1.54) is 36.0 Å². The van der Waals surface area contributed by atoms with Crippen LogP contribution in [-0.2, 0) is 15.3 Å². The highest BCUT2D eigenvalue weighted by Crippen LogP contribution is 2.31. The fourth-order valence-corrected chi connectivity index (χ4v) is 4.99. The van der Waals surface area contributed by atoms with Gasteiger partial charge in [0.2, 0.25) is 5.91 Å². The summed E-state index contributed by atoms with van der Waals surface area (Å²) in [5.41, 5.74) is 0.786. The van der Waals surface area contributed by atoms with E-state index in [2.05, 4.69) is 10.4 Å². The van der Waals surface area contributed by atoms with Crippen molar-refractivity contribution in [1.82, 2.24) is 9.78 Å². The van der Waals surface area contributed by atoms with Gasteiger partial charge < -0.3 is 10.1 Å². The molecule has 0 aliphatic heterocycles. The second-order valence-corrected chi connectivity index (χ2v) is 9.01. The fourth-order valence-electron chi connectivity index (χ4n) is 3.25. The van der Waals surface area contributed by atoms with Gasteiger partial charge in [-0.25, -0.2) is 9.18 Å². The fraction of sp³-hybridized carbons (Fsp3) is 0.167. The average Bonchev–Trinajstić information content (AvgIpc) is 3.25. The summed E-state index contributed by atoms with van der Waals surface area (Å²) in [6, 6.07) is 14.9. The first-order chi connectivity index (χ1) is 16.5. The summed E-state index contributed by atoms with van der Waals surface area (Å²) >= 11 is 2.58. The van der Waals surface area contributed by atoms with Crippen molar-refractivity contribution in [3.63, 3.8) is 0 Å². The van der Waals surface area contributed by atoms with Crippen LogP contribution in [0.1, 0.15) is 23.0 Å². The Bertz CT molecular complexity index is 1390. The number of esters is 1. The molecule has 10 heteroatoms. The standard InChI is InChI=1S/C24H20FN3O4S2/c1-2-32-24(31)21-18-13-34-22(26-19(29)14-33-12-15-6-4-3-5-7-15)20(18)23(30)28(27-21)17-10-8-16(25)9-11-17/h3-11,13H,2,12,14H2,1H3,(H,26,29). The topological polar surface area (TPSA) is 90.3 Å². The van der Waals surface area contributed by atoms with Crippen molar-refractivity contribution >= 4 is 50.7 Å². The molecule has 4 aromatic rings. The summed E-state index contributed by atoms with van der Waals surface area (Å²) in [6.45, 7) is 1.79. The van der Waals surface area contributed by atoms with Crippen LogP contribution < -0.4 is 10.9 Å². The van der Waals surface area contributed by atoms with E-state index in [0.717, 1.165) is 21.6 Å². The highest BCUT2D eigenvalue weighted by atomic mass is 32.2. The number of thioether (sulfide) groups is 1. The van der Waals surface area contributed by atoms with Gasteiger partial charge in [0.25, 0.3) is 5.56 Å². The molecule has 34 heavy (non-hydrogen) atoms. The van der Waals surface area contributed by atoms with Gasteiger partial charge in [-0.1, -0.05) is 30.3 Å². The molecule has 174 valence electrons. The predicted octanol–water partition coefficient (Wildman–Crippen LogP) is 4.63. The molecule has 1 N–H and O–H groups in total. The summed E-state index contributed by atoms with van der Waals surface area (Å²) in [4.78, 5) is 38.5. The Morgan fingerprint density at radius 1 is 1.15 bits per heavy atom. The molecule has 7 nitrogen and oxygen atoms in total. The number of benzene rings is 2. The monoisotopic (exact) mass is 497 g/mol. The SMILES string of the molecule is CCOC(=O)c1nn(-c2ccc(F)cc2)c(=O)c2c(NC(=O)CSCc3ccccc3)scc12. The van der Waals surface area contributed by atoms with E-state index in [0.29, 0.717) is 16.1 Å². The zero-order valence-corrected chi connectivity index (χ0v) is 19.7. The Balaban J connectivity index is 1.66. The van der Waals surface area contributed by atoms with Crippen LogP contribution in [0.2, 0.25) is 0 Å². The van der Waals surface area contributed by atoms with Crippen molar-refractivity contribution in [2.75, 3.05) is 17.7 Å². The van der Waals surface area contributed by atoms with E-state index in [4.69, 9.17) is 4.74 Å². The van der Waals surface area contributed by atoms with Crippen LogP contribution in [0.4, 0.5) is 9.39 Å². The molecular formula is C24H20FN3O4S2. The maximum absolute atomic E-state index is 13.4. The lowest BCUT2D eigenvalue weighted by atomic mass is 10.2. The van der Waals surface area contributed by atoms with E-state index in [1.54, 1.807) is 12.3 Å². The van der Waals surface area contributed by atoms with Gasteiger partial charge in [-0.2, -0.15) is 9.78 Å². The van der Waals surface area contributed by atoms with Gasteiger partial charge in [0.15, 0.2) is 5.69 Å². The third-order valence-electron chi connectivity index (χ3n) is 4.79. The molecule has 0 aliphatic rings. The minimum Gasteiger partial charge on any atom is -0.461 e. The van der Waals surface area contributed by atoms with Gasteiger partial charge in [0.05, 0.1) is 23.4 Å². The van der Waals surface area contributed by atoms with E-state index in [9.17, 15) is 18.8 Å².